The van der Waals surface area contributed by atoms with Gasteiger partial charge in [0.25, 0.3) is 11.8 Å². The number of ether oxygens (including phenoxy) is 2. The van der Waals surface area contributed by atoms with Crippen LogP contribution < -0.4 is 10.2 Å². The third-order valence-electron chi connectivity index (χ3n) is 4.07. The zero-order chi connectivity index (χ0) is 19.8. The molecule has 2 aromatic carbocycles. The van der Waals surface area contributed by atoms with Gasteiger partial charge in [0.2, 0.25) is 0 Å². The van der Waals surface area contributed by atoms with E-state index in [0.29, 0.717) is 32.1 Å². The van der Waals surface area contributed by atoms with Gasteiger partial charge < -0.3 is 14.4 Å². The number of hydrazone groups is 1. The highest BCUT2D eigenvalue weighted by atomic mass is 19.1. The molecule has 7 nitrogen and oxygen atoms in total. The van der Waals surface area contributed by atoms with Crippen LogP contribution in [0.3, 0.4) is 0 Å². The van der Waals surface area contributed by atoms with E-state index in [-0.39, 0.29) is 18.1 Å². The number of carbonyl (C=O) groups excluding carboxylic acids is 2. The van der Waals surface area contributed by atoms with Gasteiger partial charge in [-0.25, -0.2) is 9.82 Å². The van der Waals surface area contributed by atoms with Gasteiger partial charge in [-0.15, -0.1) is 0 Å². The molecule has 0 aromatic heterocycles. The molecule has 3 rings (SSSR count). The summed E-state index contributed by atoms with van der Waals surface area (Å²) in [5, 5.41) is 3.85. The Kier molecular flexibility index (Phi) is 6.69. The lowest BCUT2D eigenvalue weighted by Gasteiger charge is -2.26. The molecule has 28 heavy (non-hydrogen) atoms. The quantitative estimate of drug-likeness (QED) is 0.608. The molecule has 2 amide bonds. The molecule has 0 bridgehead atoms. The Morgan fingerprint density at radius 2 is 1.93 bits per heavy atom. The summed E-state index contributed by atoms with van der Waals surface area (Å²) in [4.78, 5) is 25.6. The average molecular weight is 385 g/mol. The molecule has 1 saturated heterocycles. The number of hydrogen-bond donors (Lipinski definition) is 1. The van der Waals surface area contributed by atoms with Crippen LogP contribution in [-0.2, 0) is 9.53 Å². The molecule has 1 aliphatic heterocycles. The van der Waals surface area contributed by atoms with Crippen molar-refractivity contribution in [2.24, 2.45) is 5.10 Å². The van der Waals surface area contributed by atoms with Crippen molar-refractivity contribution < 1.29 is 23.5 Å². The fraction of sp³-hybridized carbons (Fsp3) is 0.250. The molecule has 0 spiro atoms. The van der Waals surface area contributed by atoms with E-state index in [4.69, 9.17) is 9.47 Å². The lowest BCUT2D eigenvalue weighted by atomic mass is 10.2. The lowest BCUT2D eigenvalue weighted by Crippen LogP contribution is -2.42. The fourth-order valence-corrected chi connectivity index (χ4v) is 2.56. The molecular weight excluding hydrogens is 365 g/mol. The first kappa shape index (κ1) is 19.5. The third-order valence-corrected chi connectivity index (χ3v) is 4.07. The van der Waals surface area contributed by atoms with Gasteiger partial charge >= 0.3 is 0 Å². The number of amides is 2. The van der Waals surface area contributed by atoms with Gasteiger partial charge in [-0.3, -0.25) is 9.59 Å². The van der Waals surface area contributed by atoms with Crippen LogP contribution in [0.2, 0.25) is 0 Å². The molecule has 2 aromatic rings. The second-order valence-corrected chi connectivity index (χ2v) is 6.06. The van der Waals surface area contributed by atoms with E-state index in [9.17, 15) is 14.0 Å². The zero-order valence-corrected chi connectivity index (χ0v) is 15.1. The van der Waals surface area contributed by atoms with Crippen molar-refractivity contribution in [1.29, 1.82) is 0 Å². The summed E-state index contributed by atoms with van der Waals surface area (Å²) in [6, 6.07) is 12.3. The Morgan fingerprint density at radius 3 is 2.64 bits per heavy atom. The summed E-state index contributed by atoms with van der Waals surface area (Å²) in [5.41, 5.74) is 3.25. The number of benzene rings is 2. The summed E-state index contributed by atoms with van der Waals surface area (Å²) >= 11 is 0. The van der Waals surface area contributed by atoms with E-state index in [1.165, 1.54) is 24.4 Å². The van der Waals surface area contributed by atoms with Crippen LogP contribution in [0.15, 0.2) is 53.6 Å². The molecule has 1 heterocycles. The van der Waals surface area contributed by atoms with Gasteiger partial charge in [0.1, 0.15) is 11.6 Å². The molecule has 0 aliphatic carbocycles. The summed E-state index contributed by atoms with van der Waals surface area (Å²) in [7, 11) is 0. The van der Waals surface area contributed by atoms with Gasteiger partial charge in [-0.2, -0.15) is 5.10 Å². The molecular formula is C20H20FN3O4. The predicted octanol–water partition coefficient (Wildman–Crippen LogP) is 1.83. The Balaban J connectivity index is 1.46. The van der Waals surface area contributed by atoms with Gasteiger partial charge in [0.05, 0.1) is 19.4 Å². The van der Waals surface area contributed by atoms with Crippen molar-refractivity contribution in [1.82, 2.24) is 10.3 Å². The maximum absolute atomic E-state index is 13.1. The fourth-order valence-electron chi connectivity index (χ4n) is 2.56. The first-order valence-corrected chi connectivity index (χ1v) is 8.79. The van der Waals surface area contributed by atoms with Crippen LogP contribution in [0.1, 0.15) is 15.9 Å². The van der Waals surface area contributed by atoms with E-state index < -0.39 is 11.7 Å². The minimum Gasteiger partial charge on any atom is -0.484 e. The van der Waals surface area contributed by atoms with Crippen molar-refractivity contribution in [3.8, 4) is 5.75 Å². The molecule has 0 unspecified atom stereocenters. The number of morpholine rings is 1. The van der Waals surface area contributed by atoms with Crippen LogP contribution >= 0.6 is 0 Å². The Bertz CT molecular complexity index is 849. The molecule has 0 atom stereocenters. The maximum Gasteiger partial charge on any atom is 0.271 e. The molecule has 0 radical (unpaired) electrons. The second kappa shape index (κ2) is 9.61. The minimum atomic E-state index is -0.502. The minimum absolute atomic E-state index is 0.0306. The molecule has 8 heteroatoms. The predicted molar refractivity (Wildman–Crippen MR) is 101 cm³/mol. The van der Waals surface area contributed by atoms with Crippen molar-refractivity contribution in [2.45, 2.75) is 0 Å². The van der Waals surface area contributed by atoms with Crippen LogP contribution in [0.5, 0.6) is 5.75 Å². The van der Waals surface area contributed by atoms with E-state index in [2.05, 4.69) is 10.5 Å². The summed E-state index contributed by atoms with van der Waals surface area (Å²) in [6.07, 6.45) is 1.46. The number of rotatable bonds is 6. The number of hydrogen-bond acceptors (Lipinski definition) is 5. The third kappa shape index (κ3) is 5.62. The SMILES string of the molecule is O=C(N/N=C\c1ccc(OCC(=O)N2CCOCC2)cc1)c1cccc(F)c1. The highest BCUT2D eigenvalue weighted by molar-refractivity contribution is 5.94. The summed E-state index contributed by atoms with van der Waals surface area (Å²) in [5.74, 6) is -0.506. The number of halogens is 1. The number of nitrogens with one attached hydrogen (secondary N) is 1. The van der Waals surface area contributed by atoms with E-state index >= 15 is 0 Å². The highest BCUT2D eigenvalue weighted by Crippen LogP contribution is 2.11. The maximum atomic E-state index is 13.1. The van der Waals surface area contributed by atoms with E-state index in [1.54, 1.807) is 29.2 Å². The van der Waals surface area contributed by atoms with E-state index in [0.717, 1.165) is 11.6 Å². The van der Waals surface area contributed by atoms with Gasteiger partial charge in [-0.05, 0) is 48.0 Å². The van der Waals surface area contributed by atoms with Crippen molar-refractivity contribution in [3.63, 3.8) is 0 Å². The second-order valence-electron chi connectivity index (χ2n) is 6.06. The zero-order valence-electron chi connectivity index (χ0n) is 15.1. The highest BCUT2D eigenvalue weighted by Gasteiger charge is 2.17. The molecule has 1 fully saturated rings. The van der Waals surface area contributed by atoms with Crippen LogP contribution in [0.25, 0.3) is 0 Å². The van der Waals surface area contributed by atoms with Crippen LogP contribution in [0.4, 0.5) is 4.39 Å². The topological polar surface area (TPSA) is 80.2 Å². The molecule has 0 saturated carbocycles. The van der Waals surface area contributed by atoms with Gasteiger partial charge in [-0.1, -0.05) is 6.07 Å². The molecule has 1 N–H and O–H groups in total. The summed E-state index contributed by atoms with van der Waals surface area (Å²) in [6.45, 7) is 2.24. The smallest absolute Gasteiger partial charge is 0.271 e. The number of carbonyl (C=O) groups is 2. The van der Waals surface area contributed by atoms with Crippen LogP contribution in [-0.4, -0.2) is 55.8 Å². The van der Waals surface area contributed by atoms with E-state index in [1.807, 2.05) is 0 Å². The first-order valence-electron chi connectivity index (χ1n) is 8.79. The number of nitrogens with zero attached hydrogens (tertiary/aromatic N) is 2. The average Bonchev–Trinajstić information content (AvgIpc) is 2.73. The Morgan fingerprint density at radius 1 is 1.18 bits per heavy atom. The first-order chi connectivity index (χ1) is 13.6. The lowest BCUT2D eigenvalue weighted by molar-refractivity contribution is -0.137. The van der Waals surface area contributed by atoms with Crippen molar-refractivity contribution in [2.75, 3.05) is 32.9 Å². The van der Waals surface area contributed by atoms with Gasteiger partial charge in [0, 0.05) is 18.7 Å². The normalized spacial score (nSPS) is 14.1. The van der Waals surface area contributed by atoms with Crippen LogP contribution in [0, 0.1) is 5.82 Å². The Hall–Kier alpha value is -3.26. The standard InChI is InChI=1S/C20H20FN3O4/c21-17-3-1-2-16(12-17)20(26)23-22-13-15-4-6-18(7-5-15)28-14-19(25)24-8-10-27-11-9-24/h1-7,12-13H,8-11,14H2,(H,23,26)/b22-13-. The summed E-state index contributed by atoms with van der Waals surface area (Å²) < 4.78 is 23.8. The molecule has 1 aliphatic rings. The monoisotopic (exact) mass is 385 g/mol. The largest absolute Gasteiger partial charge is 0.484 e. The van der Waals surface area contributed by atoms with Crippen molar-refractivity contribution in [3.05, 3.63) is 65.5 Å². The van der Waals surface area contributed by atoms with Crippen molar-refractivity contribution >= 4 is 18.0 Å². The Labute approximate surface area is 161 Å². The molecule has 146 valence electrons. The van der Waals surface area contributed by atoms with Gasteiger partial charge in [0.15, 0.2) is 6.61 Å².